The maximum atomic E-state index is 12.4. The van der Waals surface area contributed by atoms with Crippen LogP contribution in [0.5, 0.6) is 0 Å². The first-order valence-electron chi connectivity index (χ1n) is 6.89. The standard InChI is InChI=1S/C15H14N2O3/c18-14-12-9-3-4-10(6-5-9)13(12)15(19)17(14)16-8-11-2-1-7-20-11/h1-4,7-10,12-13H,5-6H2/b16-8-/t9-,10-,12-,13+/m1/s1. The van der Waals surface area contributed by atoms with Gasteiger partial charge in [0, 0.05) is 0 Å². The summed E-state index contributed by atoms with van der Waals surface area (Å²) in [6.07, 6.45) is 9.13. The third-order valence-electron chi connectivity index (χ3n) is 4.58. The third kappa shape index (κ3) is 1.52. The zero-order valence-corrected chi connectivity index (χ0v) is 10.8. The Kier molecular flexibility index (Phi) is 2.42. The topological polar surface area (TPSA) is 62.9 Å². The maximum absolute atomic E-state index is 12.4. The van der Waals surface area contributed by atoms with E-state index in [2.05, 4.69) is 17.3 Å². The number of hydrogen-bond acceptors (Lipinski definition) is 4. The van der Waals surface area contributed by atoms with Crippen molar-refractivity contribution in [1.82, 2.24) is 5.01 Å². The fraction of sp³-hybridized carbons (Fsp3) is 0.400. The molecule has 102 valence electrons. The average Bonchev–Trinajstić information content (AvgIpc) is 3.08. The van der Waals surface area contributed by atoms with Gasteiger partial charge < -0.3 is 4.42 Å². The first-order chi connectivity index (χ1) is 9.75. The minimum Gasteiger partial charge on any atom is -0.463 e. The molecule has 5 nitrogen and oxygen atoms in total. The summed E-state index contributed by atoms with van der Waals surface area (Å²) in [5.74, 6) is 0.181. The van der Waals surface area contributed by atoms with Crippen molar-refractivity contribution in [3.8, 4) is 0 Å². The van der Waals surface area contributed by atoms with E-state index in [1.54, 1.807) is 12.1 Å². The molecule has 1 aliphatic heterocycles. The molecule has 1 aromatic rings. The Hall–Kier alpha value is -2.17. The summed E-state index contributed by atoms with van der Waals surface area (Å²) in [6.45, 7) is 0. The summed E-state index contributed by atoms with van der Waals surface area (Å²) in [5.41, 5.74) is 0. The van der Waals surface area contributed by atoms with Crippen LogP contribution >= 0.6 is 0 Å². The van der Waals surface area contributed by atoms with E-state index < -0.39 is 0 Å². The van der Waals surface area contributed by atoms with Crippen molar-refractivity contribution in [2.75, 3.05) is 0 Å². The number of carbonyl (C=O) groups is 2. The minimum absolute atomic E-state index is 0.165. The van der Waals surface area contributed by atoms with Crippen LogP contribution in [0.2, 0.25) is 0 Å². The van der Waals surface area contributed by atoms with Crippen molar-refractivity contribution in [2.24, 2.45) is 28.8 Å². The highest BCUT2D eigenvalue weighted by molar-refractivity contribution is 6.06. The smallest absolute Gasteiger partial charge is 0.254 e. The lowest BCUT2D eigenvalue weighted by Gasteiger charge is -2.37. The number of carbonyl (C=O) groups excluding carboxylic acids is 2. The van der Waals surface area contributed by atoms with Crippen LogP contribution in [0.15, 0.2) is 40.1 Å². The summed E-state index contributed by atoms with van der Waals surface area (Å²) >= 11 is 0. The molecule has 2 heterocycles. The first kappa shape index (κ1) is 11.6. The monoisotopic (exact) mass is 270 g/mol. The second-order valence-corrected chi connectivity index (χ2v) is 5.59. The molecule has 2 amide bonds. The predicted octanol–water partition coefficient (Wildman–Crippen LogP) is 1.81. The van der Waals surface area contributed by atoms with Gasteiger partial charge in [0.25, 0.3) is 11.8 Å². The summed E-state index contributed by atoms with van der Waals surface area (Å²) in [5, 5.41) is 5.07. The van der Waals surface area contributed by atoms with Crippen LogP contribution in [0.4, 0.5) is 0 Å². The van der Waals surface area contributed by atoms with E-state index in [-0.39, 0.29) is 35.5 Å². The van der Waals surface area contributed by atoms with Gasteiger partial charge >= 0.3 is 0 Å². The zero-order valence-electron chi connectivity index (χ0n) is 10.8. The number of imide groups is 1. The molecule has 3 aliphatic carbocycles. The van der Waals surface area contributed by atoms with Crippen LogP contribution in [-0.2, 0) is 9.59 Å². The number of furan rings is 1. The largest absolute Gasteiger partial charge is 0.463 e. The minimum atomic E-state index is -0.208. The van der Waals surface area contributed by atoms with Gasteiger partial charge in [-0.05, 0) is 36.8 Å². The Bertz CT molecular complexity index is 585. The molecule has 5 rings (SSSR count). The Morgan fingerprint density at radius 3 is 2.30 bits per heavy atom. The second-order valence-electron chi connectivity index (χ2n) is 5.59. The van der Waals surface area contributed by atoms with Gasteiger partial charge in [-0.2, -0.15) is 10.1 Å². The van der Waals surface area contributed by atoms with Crippen molar-refractivity contribution in [2.45, 2.75) is 12.8 Å². The quantitative estimate of drug-likeness (QED) is 0.468. The van der Waals surface area contributed by atoms with Gasteiger partial charge in [0.15, 0.2) is 0 Å². The Morgan fingerprint density at radius 1 is 1.15 bits per heavy atom. The first-order valence-corrected chi connectivity index (χ1v) is 6.89. The fourth-order valence-corrected chi connectivity index (χ4v) is 3.65. The van der Waals surface area contributed by atoms with Crippen molar-refractivity contribution in [1.29, 1.82) is 0 Å². The molecule has 1 saturated carbocycles. The van der Waals surface area contributed by atoms with E-state index in [0.717, 1.165) is 17.9 Å². The van der Waals surface area contributed by atoms with Crippen molar-refractivity contribution < 1.29 is 14.0 Å². The van der Waals surface area contributed by atoms with Crippen LogP contribution in [0.25, 0.3) is 0 Å². The number of nitrogens with zero attached hydrogens (tertiary/aromatic N) is 2. The maximum Gasteiger partial charge on any atom is 0.254 e. The lowest BCUT2D eigenvalue weighted by atomic mass is 9.63. The molecule has 4 aliphatic rings. The van der Waals surface area contributed by atoms with E-state index in [9.17, 15) is 9.59 Å². The van der Waals surface area contributed by atoms with Crippen molar-refractivity contribution in [3.63, 3.8) is 0 Å². The van der Waals surface area contributed by atoms with E-state index >= 15 is 0 Å². The van der Waals surface area contributed by atoms with E-state index in [0.29, 0.717) is 5.76 Å². The molecular formula is C15H14N2O3. The molecular weight excluding hydrogens is 256 g/mol. The zero-order chi connectivity index (χ0) is 13.7. The normalized spacial score (nSPS) is 35.3. The molecule has 4 atom stereocenters. The number of hydrogen-bond donors (Lipinski definition) is 0. The molecule has 5 heteroatoms. The Morgan fingerprint density at radius 2 is 1.80 bits per heavy atom. The van der Waals surface area contributed by atoms with Crippen molar-refractivity contribution >= 4 is 18.0 Å². The van der Waals surface area contributed by atoms with E-state index in [1.165, 1.54) is 12.5 Å². The molecule has 0 spiro atoms. The molecule has 1 aromatic heterocycles. The highest BCUT2D eigenvalue weighted by Gasteiger charge is 2.56. The highest BCUT2D eigenvalue weighted by atomic mass is 16.3. The molecule has 0 aromatic carbocycles. The summed E-state index contributed by atoms with van der Waals surface area (Å²) < 4.78 is 5.13. The van der Waals surface area contributed by atoms with Gasteiger partial charge in [0.1, 0.15) is 5.76 Å². The van der Waals surface area contributed by atoms with Gasteiger partial charge in [-0.15, -0.1) is 0 Å². The predicted molar refractivity (Wildman–Crippen MR) is 70.5 cm³/mol. The third-order valence-corrected chi connectivity index (χ3v) is 4.58. The molecule has 2 bridgehead atoms. The van der Waals surface area contributed by atoms with Crippen LogP contribution < -0.4 is 0 Å². The Labute approximate surface area is 115 Å². The van der Waals surface area contributed by atoms with Gasteiger partial charge in [0.2, 0.25) is 0 Å². The molecule has 2 fully saturated rings. The number of rotatable bonds is 2. The summed E-state index contributed by atoms with van der Waals surface area (Å²) in [4.78, 5) is 24.9. The van der Waals surface area contributed by atoms with Gasteiger partial charge in [-0.3, -0.25) is 9.59 Å². The van der Waals surface area contributed by atoms with E-state index in [1.807, 2.05) is 0 Å². The van der Waals surface area contributed by atoms with Gasteiger partial charge in [-0.1, -0.05) is 12.2 Å². The van der Waals surface area contributed by atoms with Gasteiger partial charge in [0.05, 0.1) is 24.3 Å². The van der Waals surface area contributed by atoms with Crippen LogP contribution in [0, 0.1) is 23.7 Å². The molecule has 1 saturated heterocycles. The lowest BCUT2D eigenvalue weighted by molar-refractivity contribution is -0.140. The molecule has 0 unspecified atom stereocenters. The fourth-order valence-electron chi connectivity index (χ4n) is 3.65. The highest BCUT2D eigenvalue weighted by Crippen LogP contribution is 2.49. The average molecular weight is 270 g/mol. The molecule has 20 heavy (non-hydrogen) atoms. The van der Waals surface area contributed by atoms with Crippen molar-refractivity contribution in [3.05, 3.63) is 36.3 Å². The number of allylic oxidation sites excluding steroid dienone is 2. The Balaban J connectivity index is 1.64. The molecule has 0 radical (unpaired) electrons. The number of hydrazone groups is 1. The van der Waals surface area contributed by atoms with Gasteiger partial charge in [-0.25, -0.2) is 0 Å². The van der Waals surface area contributed by atoms with Crippen LogP contribution in [0.3, 0.4) is 0 Å². The van der Waals surface area contributed by atoms with E-state index in [4.69, 9.17) is 4.42 Å². The summed E-state index contributed by atoms with van der Waals surface area (Å²) in [7, 11) is 0. The van der Waals surface area contributed by atoms with Crippen LogP contribution in [0.1, 0.15) is 18.6 Å². The lowest BCUT2D eigenvalue weighted by Crippen LogP contribution is -2.38. The van der Waals surface area contributed by atoms with Crippen LogP contribution in [-0.4, -0.2) is 23.0 Å². The molecule has 0 N–H and O–H groups in total. The SMILES string of the molecule is O=C1[C@@H]2[C@H](C(=O)N1/N=C\c1ccco1)[C@@H]1C=C[C@@H]2CC1. The number of fused-ring (bicyclic) bond motifs is 1. The summed E-state index contributed by atoms with van der Waals surface area (Å²) in [6, 6.07) is 3.46. The number of amides is 2. The second kappa shape index (κ2) is 4.16.